The van der Waals surface area contributed by atoms with E-state index in [9.17, 15) is 0 Å². The van der Waals surface area contributed by atoms with E-state index in [1.807, 2.05) is 35.7 Å². The number of anilines is 1. The topological polar surface area (TPSA) is 37.3 Å². The second kappa shape index (κ2) is 4.53. The molecule has 4 heteroatoms. The first-order valence-corrected chi connectivity index (χ1v) is 5.07. The number of pyridine rings is 1. The molecule has 70 valence electrons. The highest BCUT2D eigenvalue weighted by molar-refractivity contribution is 7.11. The number of hydrazone groups is 1. The summed E-state index contributed by atoms with van der Waals surface area (Å²) < 4.78 is 0. The second-order valence-corrected chi connectivity index (χ2v) is 3.58. The molecule has 0 radical (unpaired) electrons. The number of thiophene rings is 1. The van der Waals surface area contributed by atoms with Crippen molar-refractivity contribution in [3.05, 3.63) is 46.8 Å². The lowest BCUT2D eigenvalue weighted by Gasteiger charge is -1.95. The Morgan fingerprint density at radius 1 is 1.29 bits per heavy atom. The number of nitrogens with zero attached hydrogens (tertiary/aromatic N) is 2. The highest BCUT2D eigenvalue weighted by Gasteiger charge is 1.87. The molecule has 0 fully saturated rings. The molecule has 0 bridgehead atoms. The molecular weight excluding hydrogens is 194 g/mol. The van der Waals surface area contributed by atoms with Crippen LogP contribution in [0.1, 0.15) is 4.88 Å². The summed E-state index contributed by atoms with van der Waals surface area (Å²) in [6, 6.07) is 9.65. The van der Waals surface area contributed by atoms with Crippen LogP contribution in [-0.4, -0.2) is 11.2 Å². The minimum Gasteiger partial charge on any atom is -0.261 e. The van der Waals surface area contributed by atoms with Crippen LogP contribution in [0, 0.1) is 0 Å². The molecule has 3 nitrogen and oxygen atoms in total. The molecule has 0 aliphatic carbocycles. The number of hydrogen-bond donors (Lipinski definition) is 1. The van der Waals surface area contributed by atoms with Crippen molar-refractivity contribution in [2.45, 2.75) is 0 Å². The Hall–Kier alpha value is -1.68. The standard InChI is InChI=1S/C10H9N3S/c1-2-6-11-10(5-1)13-12-8-9-4-3-7-14-9/h1-8H,(H,11,13)/b12-8+. The Morgan fingerprint density at radius 3 is 3.00 bits per heavy atom. The van der Waals surface area contributed by atoms with Crippen LogP contribution in [0.25, 0.3) is 0 Å². The molecule has 0 atom stereocenters. The van der Waals surface area contributed by atoms with Crippen LogP contribution in [0.5, 0.6) is 0 Å². The average Bonchev–Trinajstić information content (AvgIpc) is 2.72. The van der Waals surface area contributed by atoms with Gasteiger partial charge in [0, 0.05) is 11.1 Å². The molecule has 0 spiro atoms. The lowest BCUT2D eigenvalue weighted by atomic mass is 10.5. The van der Waals surface area contributed by atoms with Gasteiger partial charge in [0.2, 0.25) is 0 Å². The van der Waals surface area contributed by atoms with E-state index < -0.39 is 0 Å². The predicted octanol–water partition coefficient (Wildman–Crippen LogP) is 2.59. The molecule has 14 heavy (non-hydrogen) atoms. The summed E-state index contributed by atoms with van der Waals surface area (Å²) >= 11 is 1.65. The Balaban J connectivity index is 1.95. The van der Waals surface area contributed by atoms with Crippen molar-refractivity contribution in [1.29, 1.82) is 0 Å². The second-order valence-electron chi connectivity index (χ2n) is 2.60. The molecule has 0 aromatic carbocycles. The largest absolute Gasteiger partial charge is 0.261 e. The molecule has 2 aromatic rings. The van der Waals surface area contributed by atoms with Crippen LogP contribution in [0.4, 0.5) is 5.82 Å². The van der Waals surface area contributed by atoms with Gasteiger partial charge in [0.1, 0.15) is 5.82 Å². The van der Waals surface area contributed by atoms with Gasteiger partial charge in [-0.05, 0) is 23.6 Å². The molecule has 0 saturated carbocycles. The van der Waals surface area contributed by atoms with Crippen molar-refractivity contribution in [3.63, 3.8) is 0 Å². The lowest BCUT2D eigenvalue weighted by molar-refractivity contribution is 1.23. The zero-order chi connectivity index (χ0) is 9.64. The maximum atomic E-state index is 4.08. The fraction of sp³-hybridized carbons (Fsp3) is 0. The normalized spacial score (nSPS) is 10.6. The summed E-state index contributed by atoms with van der Waals surface area (Å²) in [5.74, 6) is 0.750. The molecule has 0 aliphatic heterocycles. The third kappa shape index (κ3) is 2.40. The maximum Gasteiger partial charge on any atom is 0.146 e. The van der Waals surface area contributed by atoms with Gasteiger partial charge in [0.05, 0.1) is 6.21 Å². The summed E-state index contributed by atoms with van der Waals surface area (Å²) in [4.78, 5) is 5.20. The fourth-order valence-electron chi connectivity index (χ4n) is 0.956. The zero-order valence-electron chi connectivity index (χ0n) is 7.42. The molecule has 2 rings (SSSR count). The van der Waals surface area contributed by atoms with Crippen LogP contribution < -0.4 is 5.43 Å². The van der Waals surface area contributed by atoms with Gasteiger partial charge >= 0.3 is 0 Å². The molecule has 0 aliphatic rings. The zero-order valence-corrected chi connectivity index (χ0v) is 8.24. The van der Waals surface area contributed by atoms with Gasteiger partial charge in [-0.3, -0.25) is 5.43 Å². The molecule has 1 N–H and O–H groups in total. The Bertz CT molecular complexity index is 395. The SMILES string of the molecule is C(=N\Nc1ccccn1)/c1cccs1. The number of nitrogens with one attached hydrogen (secondary N) is 1. The Kier molecular flexibility index (Phi) is 2.88. The quantitative estimate of drug-likeness (QED) is 0.615. The van der Waals surface area contributed by atoms with E-state index in [0.717, 1.165) is 10.7 Å². The smallest absolute Gasteiger partial charge is 0.146 e. The minimum atomic E-state index is 0.750. The van der Waals surface area contributed by atoms with Gasteiger partial charge in [-0.1, -0.05) is 12.1 Å². The van der Waals surface area contributed by atoms with E-state index in [4.69, 9.17) is 0 Å². The summed E-state index contributed by atoms with van der Waals surface area (Å²) in [7, 11) is 0. The van der Waals surface area contributed by atoms with Gasteiger partial charge in [-0.25, -0.2) is 4.98 Å². The molecular formula is C10H9N3S. The first-order chi connectivity index (χ1) is 6.95. The van der Waals surface area contributed by atoms with Crippen molar-refractivity contribution >= 4 is 23.4 Å². The van der Waals surface area contributed by atoms with E-state index in [1.165, 1.54) is 0 Å². The highest BCUT2D eigenvalue weighted by atomic mass is 32.1. The van der Waals surface area contributed by atoms with E-state index in [-0.39, 0.29) is 0 Å². The van der Waals surface area contributed by atoms with Crippen molar-refractivity contribution in [2.75, 3.05) is 5.43 Å². The van der Waals surface area contributed by atoms with Crippen molar-refractivity contribution < 1.29 is 0 Å². The van der Waals surface area contributed by atoms with Gasteiger partial charge in [-0.15, -0.1) is 11.3 Å². The number of hydrogen-bond acceptors (Lipinski definition) is 4. The maximum absolute atomic E-state index is 4.08. The van der Waals surface area contributed by atoms with E-state index in [2.05, 4.69) is 15.5 Å². The summed E-state index contributed by atoms with van der Waals surface area (Å²) in [6.45, 7) is 0. The van der Waals surface area contributed by atoms with Crippen molar-refractivity contribution in [1.82, 2.24) is 4.98 Å². The van der Waals surface area contributed by atoms with Crippen molar-refractivity contribution in [3.8, 4) is 0 Å². The van der Waals surface area contributed by atoms with Gasteiger partial charge in [0.25, 0.3) is 0 Å². The van der Waals surface area contributed by atoms with Crippen molar-refractivity contribution in [2.24, 2.45) is 5.10 Å². The van der Waals surface area contributed by atoms with Crippen LogP contribution >= 0.6 is 11.3 Å². The summed E-state index contributed by atoms with van der Waals surface area (Å²) in [6.07, 6.45) is 3.50. The van der Waals surface area contributed by atoms with Crippen LogP contribution in [0.3, 0.4) is 0 Å². The van der Waals surface area contributed by atoms with E-state index in [0.29, 0.717) is 0 Å². The van der Waals surface area contributed by atoms with E-state index >= 15 is 0 Å². The van der Waals surface area contributed by atoms with Gasteiger partial charge < -0.3 is 0 Å². The molecule has 0 amide bonds. The molecule has 0 saturated heterocycles. The van der Waals surface area contributed by atoms with E-state index in [1.54, 1.807) is 23.7 Å². The van der Waals surface area contributed by atoms with Gasteiger partial charge in [-0.2, -0.15) is 5.10 Å². The fourth-order valence-corrected chi connectivity index (χ4v) is 1.54. The minimum absolute atomic E-state index is 0.750. The predicted molar refractivity (Wildman–Crippen MR) is 59.8 cm³/mol. The summed E-state index contributed by atoms with van der Waals surface area (Å²) in [5, 5.41) is 6.07. The average molecular weight is 203 g/mol. The first kappa shape index (κ1) is 8.90. The molecule has 2 aromatic heterocycles. The third-order valence-corrected chi connectivity index (χ3v) is 2.39. The lowest BCUT2D eigenvalue weighted by Crippen LogP contribution is -1.91. The molecule has 0 unspecified atom stereocenters. The third-order valence-electron chi connectivity index (χ3n) is 1.58. The molecule has 2 heterocycles. The van der Waals surface area contributed by atoms with Gasteiger partial charge in [0.15, 0.2) is 0 Å². The summed E-state index contributed by atoms with van der Waals surface area (Å²) in [5.41, 5.74) is 2.85. The Labute approximate surface area is 86.1 Å². The Morgan fingerprint density at radius 2 is 2.29 bits per heavy atom. The van der Waals surface area contributed by atoms with Crippen LogP contribution in [0.2, 0.25) is 0 Å². The number of rotatable bonds is 3. The first-order valence-electron chi connectivity index (χ1n) is 4.19. The highest BCUT2D eigenvalue weighted by Crippen LogP contribution is 2.05. The number of aromatic nitrogens is 1. The van der Waals surface area contributed by atoms with Crippen LogP contribution in [-0.2, 0) is 0 Å². The monoisotopic (exact) mass is 203 g/mol. The van der Waals surface area contributed by atoms with Crippen LogP contribution in [0.15, 0.2) is 47.0 Å².